The van der Waals surface area contributed by atoms with Crippen molar-refractivity contribution in [3.63, 3.8) is 0 Å². The van der Waals surface area contributed by atoms with Crippen molar-refractivity contribution in [3.8, 4) is 23.0 Å². The van der Waals surface area contributed by atoms with Crippen LogP contribution in [-0.2, 0) is 26.2 Å². The number of sulfonamides is 1. The van der Waals surface area contributed by atoms with Gasteiger partial charge in [0.05, 0.1) is 39.0 Å². The number of ether oxygens (including phenoxy) is 4. The van der Waals surface area contributed by atoms with E-state index in [0.29, 0.717) is 23.6 Å². The van der Waals surface area contributed by atoms with Gasteiger partial charge in [0.2, 0.25) is 11.8 Å². The molecule has 0 aliphatic carbocycles. The van der Waals surface area contributed by atoms with Crippen LogP contribution in [0.25, 0.3) is 0 Å². The van der Waals surface area contributed by atoms with Gasteiger partial charge in [-0.1, -0.05) is 19.1 Å². The molecule has 3 aromatic carbocycles. The minimum Gasteiger partial charge on any atom is -0.497 e. The van der Waals surface area contributed by atoms with Gasteiger partial charge >= 0.3 is 0 Å². The number of likely N-dealkylation sites (N-methyl/N-ethyl adjacent to an activating group) is 1. The van der Waals surface area contributed by atoms with Crippen LogP contribution < -0.4 is 28.6 Å². The average Bonchev–Trinajstić information content (AvgIpc) is 3.03. The molecule has 0 unspecified atom stereocenters. The van der Waals surface area contributed by atoms with E-state index in [2.05, 4.69) is 5.32 Å². The predicted molar refractivity (Wildman–Crippen MR) is 163 cm³/mol. The van der Waals surface area contributed by atoms with Crippen molar-refractivity contribution < 1.29 is 41.3 Å². The fourth-order valence-electron chi connectivity index (χ4n) is 4.61. The van der Waals surface area contributed by atoms with Crippen LogP contribution in [0.5, 0.6) is 23.0 Å². The fraction of sp³-hybridized carbons (Fsp3) is 0.355. The summed E-state index contributed by atoms with van der Waals surface area (Å²) in [4.78, 5) is 28.4. The van der Waals surface area contributed by atoms with E-state index >= 15 is 0 Å². The van der Waals surface area contributed by atoms with Crippen molar-refractivity contribution in [3.05, 3.63) is 72.0 Å². The van der Waals surface area contributed by atoms with Crippen LogP contribution in [0.4, 0.5) is 10.1 Å². The number of nitrogens with zero attached hydrogens (tertiary/aromatic N) is 2. The lowest BCUT2D eigenvalue weighted by Gasteiger charge is -2.33. The quantitative estimate of drug-likeness (QED) is 0.267. The number of methoxy groups -OCH3 is 4. The van der Waals surface area contributed by atoms with Gasteiger partial charge in [-0.2, -0.15) is 0 Å². The van der Waals surface area contributed by atoms with Crippen molar-refractivity contribution in [2.24, 2.45) is 0 Å². The summed E-state index contributed by atoms with van der Waals surface area (Å²) >= 11 is 0. The molecule has 0 heterocycles. The van der Waals surface area contributed by atoms with E-state index in [1.807, 2.05) is 0 Å². The number of rotatable bonds is 15. The van der Waals surface area contributed by atoms with Crippen LogP contribution in [0.3, 0.4) is 0 Å². The average molecular weight is 632 g/mol. The maximum absolute atomic E-state index is 14.3. The maximum Gasteiger partial charge on any atom is 0.265 e. The van der Waals surface area contributed by atoms with E-state index < -0.39 is 40.2 Å². The SMILES string of the molecule is CCNC(=O)[C@@H](CC)N(Cc1ccc(F)cc1)C(=O)CN(c1cc(OC)ccc1OC)S(=O)(=O)c1ccc(OC)c(OC)c1. The maximum atomic E-state index is 14.3. The second-order valence-corrected chi connectivity index (χ2v) is 11.4. The molecule has 0 bridgehead atoms. The number of halogens is 1. The minimum absolute atomic E-state index is 0.0303. The Bertz CT molecular complexity index is 1550. The molecule has 0 aliphatic rings. The van der Waals surface area contributed by atoms with Gasteiger partial charge in [0.25, 0.3) is 10.0 Å². The summed E-state index contributed by atoms with van der Waals surface area (Å²) in [6.07, 6.45) is 0.240. The highest BCUT2D eigenvalue weighted by Crippen LogP contribution is 2.37. The van der Waals surface area contributed by atoms with Gasteiger partial charge < -0.3 is 29.2 Å². The van der Waals surface area contributed by atoms with E-state index in [9.17, 15) is 22.4 Å². The molecular formula is C31H38FN3O8S. The Morgan fingerprint density at radius 2 is 1.48 bits per heavy atom. The molecule has 11 nitrogen and oxygen atoms in total. The van der Waals surface area contributed by atoms with E-state index in [-0.39, 0.29) is 35.0 Å². The first-order valence-electron chi connectivity index (χ1n) is 13.8. The van der Waals surface area contributed by atoms with Gasteiger partial charge in [0.15, 0.2) is 11.5 Å². The van der Waals surface area contributed by atoms with E-state index in [0.717, 1.165) is 4.31 Å². The Morgan fingerprint density at radius 3 is 2.05 bits per heavy atom. The van der Waals surface area contributed by atoms with E-state index in [1.165, 1.54) is 87.9 Å². The molecule has 3 rings (SSSR count). The number of hydrogen-bond donors (Lipinski definition) is 1. The van der Waals surface area contributed by atoms with Crippen LogP contribution in [0.2, 0.25) is 0 Å². The zero-order chi connectivity index (χ0) is 32.4. The zero-order valence-electron chi connectivity index (χ0n) is 25.6. The summed E-state index contributed by atoms with van der Waals surface area (Å²) in [5.41, 5.74) is 0.582. The smallest absolute Gasteiger partial charge is 0.265 e. The standard InChI is InChI=1S/C31H38FN3O8S/c1-7-25(31(37)33-8-2)34(19-21-9-11-22(32)12-10-21)30(36)20-35(26-17-23(40-3)13-15-27(26)41-4)44(38,39)24-14-16-28(42-5)29(18-24)43-6/h9-18,25H,7-8,19-20H2,1-6H3,(H,33,37)/t25-/m1/s1. The predicted octanol–water partition coefficient (Wildman–Crippen LogP) is 4.00. The van der Waals surface area contributed by atoms with Crippen LogP contribution in [0.15, 0.2) is 65.6 Å². The van der Waals surface area contributed by atoms with Gasteiger partial charge in [-0.3, -0.25) is 13.9 Å². The normalized spacial score (nSPS) is 11.7. The Morgan fingerprint density at radius 1 is 0.841 bits per heavy atom. The van der Waals surface area contributed by atoms with Crippen molar-refractivity contribution in [2.45, 2.75) is 37.8 Å². The molecule has 238 valence electrons. The number of carbonyl (C=O) groups is 2. The Kier molecular flexibility index (Phi) is 11.8. The van der Waals surface area contributed by atoms with Crippen LogP contribution in [-0.4, -0.2) is 72.7 Å². The molecule has 0 fully saturated rings. The lowest BCUT2D eigenvalue weighted by atomic mass is 10.1. The largest absolute Gasteiger partial charge is 0.497 e. The highest BCUT2D eigenvalue weighted by Gasteiger charge is 2.35. The van der Waals surface area contributed by atoms with Gasteiger partial charge in [0.1, 0.15) is 29.9 Å². The molecule has 0 aromatic heterocycles. The Hall–Kier alpha value is -4.52. The van der Waals surface area contributed by atoms with Gasteiger partial charge in [-0.15, -0.1) is 0 Å². The van der Waals surface area contributed by atoms with Crippen molar-refractivity contribution in [1.82, 2.24) is 10.2 Å². The first-order valence-corrected chi connectivity index (χ1v) is 15.3. The number of nitrogens with one attached hydrogen (secondary N) is 1. The lowest BCUT2D eigenvalue weighted by Crippen LogP contribution is -2.52. The second-order valence-electron chi connectivity index (χ2n) is 9.53. The zero-order valence-corrected chi connectivity index (χ0v) is 26.4. The minimum atomic E-state index is -4.47. The summed E-state index contributed by atoms with van der Waals surface area (Å²) in [6, 6.07) is 13.2. The monoisotopic (exact) mass is 631 g/mol. The highest BCUT2D eigenvalue weighted by molar-refractivity contribution is 7.92. The molecular weight excluding hydrogens is 593 g/mol. The van der Waals surface area contributed by atoms with Crippen molar-refractivity contribution in [2.75, 3.05) is 45.8 Å². The molecule has 0 spiro atoms. The molecule has 0 saturated heterocycles. The van der Waals surface area contributed by atoms with Crippen LogP contribution in [0.1, 0.15) is 25.8 Å². The summed E-state index contributed by atoms with van der Waals surface area (Å²) < 4.78 is 64.7. The van der Waals surface area contributed by atoms with Crippen LogP contribution >= 0.6 is 0 Å². The number of benzene rings is 3. The molecule has 13 heteroatoms. The summed E-state index contributed by atoms with van der Waals surface area (Å²) in [5, 5.41) is 2.74. The second kappa shape index (κ2) is 15.3. The number of anilines is 1. The molecule has 1 N–H and O–H groups in total. The molecule has 1 atom stereocenters. The topological polar surface area (TPSA) is 124 Å². The van der Waals surface area contributed by atoms with E-state index in [1.54, 1.807) is 19.9 Å². The number of carbonyl (C=O) groups excluding carboxylic acids is 2. The van der Waals surface area contributed by atoms with Crippen molar-refractivity contribution >= 4 is 27.5 Å². The summed E-state index contributed by atoms with van der Waals surface area (Å²) in [5.74, 6) is -0.593. The van der Waals surface area contributed by atoms with Crippen molar-refractivity contribution in [1.29, 1.82) is 0 Å². The molecule has 3 aromatic rings. The van der Waals surface area contributed by atoms with Gasteiger partial charge in [-0.25, -0.2) is 12.8 Å². The summed E-state index contributed by atoms with van der Waals surface area (Å²) in [7, 11) is 1.12. The Labute approximate surface area is 257 Å². The summed E-state index contributed by atoms with van der Waals surface area (Å²) in [6.45, 7) is 3.04. The third kappa shape index (κ3) is 7.70. The number of amides is 2. The third-order valence-corrected chi connectivity index (χ3v) is 8.64. The van der Waals surface area contributed by atoms with Crippen LogP contribution in [0, 0.1) is 5.82 Å². The lowest BCUT2D eigenvalue weighted by molar-refractivity contribution is -0.140. The highest BCUT2D eigenvalue weighted by atomic mass is 32.2. The first-order chi connectivity index (χ1) is 21.0. The Balaban J connectivity index is 2.19. The molecule has 2 amide bonds. The van der Waals surface area contributed by atoms with E-state index in [4.69, 9.17) is 18.9 Å². The molecule has 44 heavy (non-hydrogen) atoms. The molecule has 0 radical (unpaired) electrons. The third-order valence-electron chi connectivity index (χ3n) is 6.88. The van der Waals surface area contributed by atoms with Gasteiger partial charge in [0, 0.05) is 25.2 Å². The fourth-order valence-corrected chi connectivity index (χ4v) is 6.04. The molecule has 0 aliphatic heterocycles. The molecule has 0 saturated carbocycles. The first kappa shape index (κ1) is 34.0. The van der Waals surface area contributed by atoms with Gasteiger partial charge in [-0.05, 0) is 55.3 Å². The number of hydrogen-bond acceptors (Lipinski definition) is 8.